The highest BCUT2D eigenvalue weighted by Crippen LogP contribution is 2.52. The largest absolute Gasteiger partial charge is 0.452 e. The van der Waals surface area contributed by atoms with Crippen molar-refractivity contribution in [2.45, 2.75) is 63.6 Å². The highest BCUT2D eigenvalue weighted by molar-refractivity contribution is 7.98. The van der Waals surface area contributed by atoms with E-state index in [0.717, 1.165) is 29.8 Å². The number of fused-ring (bicyclic) bond motifs is 4. The molecule has 2 aliphatic carbocycles. The Hall–Kier alpha value is -2.86. The van der Waals surface area contributed by atoms with Crippen molar-refractivity contribution in [3.63, 3.8) is 0 Å². The minimum atomic E-state index is -0.162. The summed E-state index contributed by atoms with van der Waals surface area (Å²) >= 11 is 1.59. The number of aromatic nitrogens is 3. The van der Waals surface area contributed by atoms with E-state index in [1.165, 1.54) is 18.4 Å². The minimum Gasteiger partial charge on any atom is -0.452 e. The van der Waals surface area contributed by atoms with Crippen molar-refractivity contribution in [2.75, 3.05) is 5.32 Å². The molecule has 5 nitrogen and oxygen atoms in total. The molecule has 0 unspecified atom stereocenters. The number of rotatable bonds is 4. The molecule has 1 N–H and O–H groups in total. The number of benzene rings is 2. The van der Waals surface area contributed by atoms with Gasteiger partial charge >= 0.3 is 0 Å². The van der Waals surface area contributed by atoms with Crippen LogP contribution >= 0.6 is 11.8 Å². The lowest BCUT2D eigenvalue weighted by molar-refractivity contribution is 0.0519. The lowest BCUT2D eigenvalue weighted by atomic mass is 9.59. The number of allylic oxidation sites excluding steroid dienone is 2. The van der Waals surface area contributed by atoms with E-state index < -0.39 is 0 Å². The van der Waals surface area contributed by atoms with Crippen LogP contribution in [0.4, 0.5) is 5.69 Å². The third kappa shape index (κ3) is 4.52. The molecule has 0 bridgehead atoms. The lowest BCUT2D eigenvalue weighted by Gasteiger charge is -2.48. The monoisotopic (exact) mass is 498 g/mol. The fourth-order valence-corrected chi connectivity index (χ4v) is 6.97. The quantitative estimate of drug-likeness (QED) is 0.299. The van der Waals surface area contributed by atoms with Crippen molar-refractivity contribution in [1.29, 1.82) is 0 Å². The molecule has 0 spiro atoms. The van der Waals surface area contributed by atoms with E-state index in [2.05, 4.69) is 84.8 Å². The SMILES string of the molecule is C[C@H]1CC2=CCCC(C)(C)[C@H]2C[C@@H]1[C@@H]1Nc2ccccc2-c2nnc(SCc3ccccc3)nc2O1. The van der Waals surface area contributed by atoms with Crippen LogP contribution in [0.25, 0.3) is 11.3 Å². The Balaban J connectivity index is 1.31. The zero-order chi connectivity index (χ0) is 24.7. The van der Waals surface area contributed by atoms with Crippen LogP contribution in [0.1, 0.15) is 52.0 Å². The molecular weight excluding hydrogens is 464 g/mol. The summed E-state index contributed by atoms with van der Waals surface area (Å²) in [6.07, 6.45) is 7.10. The van der Waals surface area contributed by atoms with Gasteiger partial charge in [-0.1, -0.05) is 92.7 Å². The number of hydrogen-bond acceptors (Lipinski definition) is 6. The Morgan fingerprint density at radius 2 is 1.86 bits per heavy atom. The number of hydrogen-bond donors (Lipinski definition) is 1. The van der Waals surface area contributed by atoms with Gasteiger partial charge in [-0.3, -0.25) is 0 Å². The van der Waals surface area contributed by atoms with Gasteiger partial charge in [0.2, 0.25) is 11.0 Å². The standard InChI is InChI=1S/C30H34N4OS/c1-19-16-21-12-9-15-30(2,3)24(21)17-23(19)27-31-25-14-8-7-13-22(25)26-28(35-27)32-29(34-33-26)36-18-20-10-5-4-6-11-20/h4-8,10-14,19,23-24,27,31H,9,15-18H2,1-3H3/t19-,23-,24-,27+/m0/s1. The van der Waals surface area contributed by atoms with Crippen LogP contribution in [0.3, 0.4) is 0 Å². The Labute approximate surface area is 218 Å². The van der Waals surface area contributed by atoms with Gasteiger partial charge in [-0.25, -0.2) is 0 Å². The second-order valence-electron chi connectivity index (χ2n) is 11.2. The van der Waals surface area contributed by atoms with Gasteiger partial charge in [0.05, 0.1) is 0 Å². The third-order valence-electron chi connectivity index (χ3n) is 8.34. The zero-order valence-electron chi connectivity index (χ0n) is 21.3. The smallest absolute Gasteiger partial charge is 0.247 e. The molecule has 6 rings (SSSR count). The molecule has 1 saturated carbocycles. The molecule has 6 heteroatoms. The first-order valence-corrected chi connectivity index (χ1v) is 14.1. The summed E-state index contributed by atoms with van der Waals surface area (Å²) in [6.45, 7) is 7.26. The number of nitrogens with zero attached hydrogens (tertiary/aromatic N) is 3. The van der Waals surface area contributed by atoms with Gasteiger partial charge in [-0.05, 0) is 54.6 Å². The van der Waals surface area contributed by atoms with Crippen LogP contribution in [0, 0.1) is 23.2 Å². The fourth-order valence-electron chi connectivity index (χ4n) is 6.24. The average molecular weight is 499 g/mol. The number of thioether (sulfide) groups is 1. The second kappa shape index (κ2) is 9.55. The highest BCUT2D eigenvalue weighted by atomic mass is 32.2. The lowest BCUT2D eigenvalue weighted by Crippen LogP contribution is -2.45. The molecule has 4 atom stereocenters. The molecule has 3 aliphatic rings. The summed E-state index contributed by atoms with van der Waals surface area (Å²) in [5, 5.41) is 13.5. The van der Waals surface area contributed by atoms with Gasteiger partial charge < -0.3 is 10.1 Å². The molecule has 3 aromatic rings. The van der Waals surface area contributed by atoms with Gasteiger partial charge in [-0.15, -0.1) is 10.2 Å². The highest BCUT2D eigenvalue weighted by Gasteiger charge is 2.44. The van der Waals surface area contributed by atoms with Crippen molar-refractivity contribution in [1.82, 2.24) is 15.2 Å². The first-order valence-electron chi connectivity index (χ1n) is 13.1. The summed E-state index contributed by atoms with van der Waals surface area (Å²) in [4.78, 5) is 4.88. The van der Waals surface area contributed by atoms with E-state index in [4.69, 9.17) is 9.72 Å². The Morgan fingerprint density at radius 1 is 1.06 bits per heavy atom. The molecule has 36 heavy (non-hydrogen) atoms. The van der Waals surface area contributed by atoms with Gasteiger partial charge in [0, 0.05) is 22.9 Å². The number of anilines is 1. The van der Waals surface area contributed by atoms with Gasteiger partial charge in [0.1, 0.15) is 0 Å². The topological polar surface area (TPSA) is 59.9 Å². The number of ether oxygens (including phenoxy) is 1. The molecule has 1 fully saturated rings. The Morgan fingerprint density at radius 3 is 2.72 bits per heavy atom. The Kier molecular flexibility index (Phi) is 6.24. The van der Waals surface area contributed by atoms with Crippen molar-refractivity contribution in [3.05, 3.63) is 71.8 Å². The summed E-state index contributed by atoms with van der Waals surface area (Å²) in [5.74, 6) is 2.88. The molecule has 0 radical (unpaired) electrons. The minimum absolute atomic E-state index is 0.162. The maximum Gasteiger partial charge on any atom is 0.247 e. The summed E-state index contributed by atoms with van der Waals surface area (Å²) in [6, 6.07) is 18.7. The Bertz CT molecular complexity index is 1270. The zero-order valence-corrected chi connectivity index (χ0v) is 22.1. The predicted molar refractivity (Wildman–Crippen MR) is 146 cm³/mol. The predicted octanol–water partition coefficient (Wildman–Crippen LogP) is 7.37. The maximum atomic E-state index is 6.73. The normalized spacial score (nSPS) is 26.2. The van der Waals surface area contributed by atoms with Crippen molar-refractivity contribution < 1.29 is 4.74 Å². The van der Waals surface area contributed by atoms with Crippen molar-refractivity contribution in [3.8, 4) is 17.1 Å². The van der Waals surface area contributed by atoms with Gasteiger partial charge in [-0.2, -0.15) is 4.98 Å². The molecular formula is C30H34N4OS. The van der Waals surface area contributed by atoms with E-state index >= 15 is 0 Å². The first-order chi connectivity index (χ1) is 17.5. The van der Waals surface area contributed by atoms with E-state index in [0.29, 0.717) is 39.9 Å². The van der Waals surface area contributed by atoms with Crippen LogP contribution in [0.2, 0.25) is 0 Å². The summed E-state index contributed by atoms with van der Waals surface area (Å²) < 4.78 is 6.73. The van der Waals surface area contributed by atoms with Crippen molar-refractivity contribution >= 4 is 17.4 Å². The molecule has 2 aromatic carbocycles. The van der Waals surface area contributed by atoms with Gasteiger partial charge in [0.25, 0.3) is 0 Å². The van der Waals surface area contributed by atoms with Crippen LogP contribution in [0.15, 0.2) is 71.4 Å². The van der Waals surface area contributed by atoms with Gasteiger partial charge in [0.15, 0.2) is 11.9 Å². The average Bonchev–Trinajstić information content (AvgIpc) is 3.04. The van der Waals surface area contributed by atoms with Crippen LogP contribution in [0.5, 0.6) is 5.88 Å². The van der Waals surface area contributed by atoms with Crippen molar-refractivity contribution in [2.24, 2.45) is 23.2 Å². The van der Waals surface area contributed by atoms with E-state index in [-0.39, 0.29) is 6.23 Å². The van der Waals surface area contributed by atoms with E-state index in [1.54, 1.807) is 17.3 Å². The second-order valence-corrected chi connectivity index (χ2v) is 12.1. The fraction of sp³-hybridized carbons (Fsp3) is 0.433. The molecule has 0 amide bonds. The molecule has 0 saturated heterocycles. The van der Waals surface area contributed by atoms with Crippen LogP contribution < -0.4 is 10.1 Å². The van der Waals surface area contributed by atoms with Crippen LogP contribution in [-0.2, 0) is 5.75 Å². The molecule has 186 valence electrons. The maximum absolute atomic E-state index is 6.73. The summed E-state index contributed by atoms with van der Waals surface area (Å²) in [7, 11) is 0. The number of para-hydroxylation sites is 1. The number of nitrogens with one attached hydrogen (secondary N) is 1. The first kappa shape index (κ1) is 23.5. The third-order valence-corrected chi connectivity index (χ3v) is 9.24. The molecule has 1 aliphatic heterocycles. The molecule has 2 heterocycles. The summed E-state index contributed by atoms with van der Waals surface area (Å²) in [5.41, 5.74) is 5.98. The molecule has 1 aromatic heterocycles. The van der Waals surface area contributed by atoms with E-state index in [9.17, 15) is 0 Å². The van der Waals surface area contributed by atoms with Crippen LogP contribution in [-0.4, -0.2) is 21.4 Å². The van der Waals surface area contributed by atoms with E-state index in [1.807, 2.05) is 12.1 Å².